The molecule has 104 valence electrons. The molecule has 0 aliphatic carbocycles. The third kappa shape index (κ3) is 3.68. The minimum absolute atomic E-state index is 0.292. The van der Waals surface area contributed by atoms with Gasteiger partial charge in [0.15, 0.2) is 5.82 Å². The number of nitrogens with one attached hydrogen (secondary N) is 2. The third-order valence-electron chi connectivity index (χ3n) is 2.46. The van der Waals surface area contributed by atoms with Crippen molar-refractivity contribution in [1.29, 1.82) is 0 Å². The zero-order valence-corrected chi connectivity index (χ0v) is 13.0. The third-order valence-corrected chi connectivity index (χ3v) is 3.10. The van der Waals surface area contributed by atoms with Gasteiger partial charge in [0, 0.05) is 17.3 Å². The highest BCUT2D eigenvalue weighted by Gasteiger charge is 2.12. The number of carbonyl (C=O) groups is 1. The lowest BCUT2D eigenvalue weighted by atomic mass is 10.1. The molecule has 5 nitrogen and oxygen atoms in total. The summed E-state index contributed by atoms with van der Waals surface area (Å²) in [7, 11) is 0. The molecule has 2 rings (SSSR count). The second-order valence-electron chi connectivity index (χ2n) is 3.90. The molecule has 0 aliphatic heterocycles. The first kappa shape index (κ1) is 14.7. The molecule has 7 heteroatoms. The van der Waals surface area contributed by atoms with Crippen molar-refractivity contribution in [3.63, 3.8) is 0 Å². The molecule has 1 amide bonds. The monoisotopic (exact) mass is 354 g/mol. The fraction of sp³-hybridized carbons (Fsp3) is 0.154. The zero-order valence-electron chi connectivity index (χ0n) is 10.7. The highest BCUT2D eigenvalue weighted by Crippen LogP contribution is 2.21. The summed E-state index contributed by atoms with van der Waals surface area (Å²) in [6.45, 7) is 2.66. The second kappa shape index (κ2) is 6.67. The van der Waals surface area contributed by atoms with E-state index in [1.165, 1.54) is 12.4 Å². The van der Waals surface area contributed by atoms with Crippen LogP contribution in [0.3, 0.4) is 0 Å². The van der Waals surface area contributed by atoms with Crippen molar-refractivity contribution in [2.45, 2.75) is 6.92 Å². The minimum atomic E-state index is -0.292. The lowest BCUT2D eigenvalue weighted by Crippen LogP contribution is -2.15. The van der Waals surface area contributed by atoms with Gasteiger partial charge >= 0.3 is 0 Å². The number of amides is 1. The number of hydrogen-bond acceptors (Lipinski definition) is 4. The number of anilines is 2. The molecule has 0 aliphatic rings. The summed E-state index contributed by atoms with van der Waals surface area (Å²) in [4.78, 5) is 20.3. The SMILES string of the molecule is CCNc1ccc(Cl)cc1C(=O)Nc1cnc(Br)cn1. The predicted molar refractivity (Wildman–Crippen MR) is 83.3 cm³/mol. The van der Waals surface area contributed by atoms with E-state index in [9.17, 15) is 4.79 Å². The van der Waals surface area contributed by atoms with Gasteiger partial charge in [0.05, 0.1) is 18.0 Å². The predicted octanol–water partition coefficient (Wildman–Crippen LogP) is 3.58. The first-order chi connectivity index (χ1) is 9.60. The maximum Gasteiger partial charge on any atom is 0.259 e. The summed E-state index contributed by atoms with van der Waals surface area (Å²) in [5, 5.41) is 6.29. The average Bonchev–Trinajstić information content (AvgIpc) is 2.43. The lowest BCUT2D eigenvalue weighted by molar-refractivity contribution is 0.102. The van der Waals surface area contributed by atoms with Crippen LogP contribution >= 0.6 is 27.5 Å². The fourth-order valence-electron chi connectivity index (χ4n) is 1.61. The van der Waals surface area contributed by atoms with Gasteiger partial charge in [0.1, 0.15) is 4.60 Å². The van der Waals surface area contributed by atoms with Gasteiger partial charge in [-0.25, -0.2) is 9.97 Å². The van der Waals surface area contributed by atoms with Crippen LogP contribution in [0.15, 0.2) is 35.2 Å². The van der Waals surface area contributed by atoms with Gasteiger partial charge in [-0.3, -0.25) is 4.79 Å². The highest BCUT2D eigenvalue weighted by molar-refractivity contribution is 9.10. The molecule has 2 aromatic rings. The van der Waals surface area contributed by atoms with Crippen molar-refractivity contribution >= 4 is 44.9 Å². The number of hydrogen-bond donors (Lipinski definition) is 2. The molecule has 1 aromatic heterocycles. The van der Waals surface area contributed by atoms with E-state index < -0.39 is 0 Å². The Kier molecular flexibility index (Phi) is 4.92. The average molecular weight is 356 g/mol. The first-order valence-corrected chi connectivity index (χ1v) is 7.09. The Hall–Kier alpha value is -1.66. The zero-order chi connectivity index (χ0) is 14.5. The molecular weight excluding hydrogens is 344 g/mol. The molecule has 0 bridgehead atoms. The summed E-state index contributed by atoms with van der Waals surface area (Å²) >= 11 is 9.13. The van der Waals surface area contributed by atoms with Crippen LogP contribution in [-0.4, -0.2) is 22.4 Å². The van der Waals surface area contributed by atoms with Gasteiger partial charge in [-0.1, -0.05) is 11.6 Å². The van der Waals surface area contributed by atoms with Crippen molar-refractivity contribution in [2.24, 2.45) is 0 Å². The maximum atomic E-state index is 12.3. The molecule has 0 fully saturated rings. The summed E-state index contributed by atoms with van der Waals surface area (Å²) < 4.78 is 0.603. The van der Waals surface area contributed by atoms with Crippen LogP contribution in [0.4, 0.5) is 11.5 Å². The molecule has 0 unspecified atom stereocenters. The van der Waals surface area contributed by atoms with Crippen LogP contribution in [0.5, 0.6) is 0 Å². The number of rotatable bonds is 4. The molecule has 0 saturated carbocycles. The standard InChI is InChI=1S/C13H12BrClN4O/c1-2-16-10-4-3-8(15)5-9(10)13(20)19-12-7-17-11(14)6-18-12/h3-7,16H,2H2,1H3,(H,18,19,20). The summed E-state index contributed by atoms with van der Waals surface area (Å²) in [6.07, 6.45) is 2.98. The van der Waals surface area contributed by atoms with E-state index in [1.807, 2.05) is 6.92 Å². The fourth-order valence-corrected chi connectivity index (χ4v) is 1.99. The van der Waals surface area contributed by atoms with Crippen LogP contribution in [-0.2, 0) is 0 Å². The van der Waals surface area contributed by atoms with Crippen LogP contribution in [0.2, 0.25) is 5.02 Å². The molecule has 0 radical (unpaired) electrons. The van der Waals surface area contributed by atoms with Crippen molar-refractivity contribution < 1.29 is 4.79 Å². The van der Waals surface area contributed by atoms with Crippen LogP contribution in [0.25, 0.3) is 0 Å². The number of carbonyl (C=O) groups excluding carboxylic acids is 1. The molecule has 20 heavy (non-hydrogen) atoms. The van der Waals surface area contributed by atoms with Gasteiger partial charge in [-0.2, -0.15) is 0 Å². The largest absolute Gasteiger partial charge is 0.385 e. The first-order valence-electron chi connectivity index (χ1n) is 5.92. The van der Waals surface area contributed by atoms with E-state index in [0.29, 0.717) is 27.6 Å². The highest BCUT2D eigenvalue weighted by atomic mass is 79.9. The summed E-state index contributed by atoms with van der Waals surface area (Å²) in [5.41, 5.74) is 1.18. The van der Waals surface area contributed by atoms with Crippen LogP contribution < -0.4 is 10.6 Å². The maximum absolute atomic E-state index is 12.3. The van der Waals surface area contributed by atoms with Crippen molar-refractivity contribution in [2.75, 3.05) is 17.2 Å². The van der Waals surface area contributed by atoms with Gasteiger partial charge in [0.2, 0.25) is 0 Å². The Balaban J connectivity index is 2.23. The molecule has 2 N–H and O–H groups in total. The van der Waals surface area contributed by atoms with Crippen molar-refractivity contribution in [1.82, 2.24) is 9.97 Å². The molecule has 1 heterocycles. The quantitative estimate of drug-likeness (QED) is 0.880. The molecular formula is C13H12BrClN4O. The smallest absolute Gasteiger partial charge is 0.259 e. The Bertz CT molecular complexity index is 618. The van der Waals surface area contributed by atoms with Crippen molar-refractivity contribution in [3.05, 3.63) is 45.8 Å². The number of nitrogens with zero attached hydrogens (tertiary/aromatic N) is 2. The van der Waals surface area contributed by atoms with Gasteiger partial charge in [-0.05, 0) is 41.1 Å². The lowest BCUT2D eigenvalue weighted by Gasteiger charge is -2.11. The Labute approximate surface area is 129 Å². The van der Waals surface area contributed by atoms with Gasteiger partial charge in [-0.15, -0.1) is 0 Å². The van der Waals surface area contributed by atoms with E-state index >= 15 is 0 Å². The molecule has 0 spiro atoms. The number of halogens is 2. The van der Waals surface area contributed by atoms with E-state index in [-0.39, 0.29) is 5.91 Å². The van der Waals surface area contributed by atoms with Crippen LogP contribution in [0, 0.1) is 0 Å². The van der Waals surface area contributed by atoms with E-state index in [1.54, 1.807) is 18.2 Å². The van der Waals surface area contributed by atoms with E-state index in [4.69, 9.17) is 11.6 Å². The van der Waals surface area contributed by atoms with Gasteiger partial charge < -0.3 is 10.6 Å². The number of aromatic nitrogens is 2. The van der Waals surface area contributed by atoms with Crippen molar-refractivity contribution in [3.8, 4) is 0 Å². The van der Waals surface area contributed by atoms with E-state index in [2.05, 4.69) is 36.5 Å². The molecule has 0 saturated heterocycles. The molecule has 0 atom stereocenters. The Morgan fingerprint density at radius 2 is 2.15 bits per heavy atom. The molecule has 1 aromatic carbocycles. The summed E-state index contributed by atoms with van der Waals surface area (Å²) in [5.74, 6) is 0.0840. The number of benzene rings is 1. The Morgan fingerprint density at radius 1 is 1.35 bits per heavy atom. The van der Waals surface area contributed by atoms with E-state index in [0.717, 1.165) is 5.69 Å². The minimum Gasteiger partial charge on any atom is -0.385 e. The Morgan fingerprint density at radius 3 is 2.80 bits per heavy atom. The van der Waals surface area contributed by atoms with Gasteiger partial charge in [0.25, 0.3) is 5.91 Å². The topological polar surface area (TPSA) is 66.9 Å². The van der Waals surface area contributed by atoms with Crippen LogP contribution in [0.1, 0.15) is 17.3 Å². The normalized spacial score (nSPS) is 10.2. The summed E-state index contributed by atoms with van der Waals surface area (Å²) in [6, 6.07) is 5.12. The second-order valence-corrected chi connectivity index (χ2v) is 5.15.